The molecular weight excluding hydrogens is 222 g/mol. The molecule has 0 radical (unpaired) electrons. The Bertz CT molecular complexity index is 349. The Balaban J connectivity index is 2.81. The molecule has 3 heteroatoms. The van der Waals surface area contributed by atoms with Crippen molar-refractivity contribution in [3.05, 3.63) is 35.4 Å². The van der Waals surface area contributed by atoms with Gasteiger partial charge in [0.1, 0.15) is 0 Å². The molecule has 0 aromatic heterocycles. The number of rotatable bonds is 7. The number of nitrogens with zero attached hydrogens (tertiary/aromatic N) is 2. The smallest absolute Gasteiger partial charge is 0.0470 e. The predicted molar refractivity (Wildman–Crippen MR) is 78.8 cm³/mol. The van der Waals surface area contributed by atoms with Crippen LogP contribution in [0.25, 0.3) is 0 Å². The molecule has 102 valence electrons. The summed E-state index contributed by atoms with van der Waals surface area (Å²) in [5.41, 5.74) is 8.77. The average Bonchev–Trinajstić information content (AvgIpc) is 2.37. The van der Waals surface area contributed by atoms with Crippen LogP contribution in [0.4, 0.5) is 0 Å². The first-order chi connectivity index (χ1) is 8.60. The number of benzene rings is 1. The summed E-state index contributed by atoms with van der Waals surface area (Å²) in [6.45, 7) is 4.96. The molecule has 0 aliphatic heterocycles. The Morgan fingerprint density at radius 3 is 2.33 bits per heavy atom. The summed E-state index contributed by atoms with van der Waals surface area (Å²) in [4.78, 5) is 4.56. The highest BCUT2D eigenvalue weighted by molar-refractivity contribution is 5.30. The molecule has 0 spiro atoms. The van der Waals surface area contributed by atoms with Gasteiger partial charge in [-0.2, -0.15) is 0 Å². The largest absolute Gasteiger partial charge is 0.329 e. The van der Waals surface area contributed by atoms with Gasteiger partial charge in [0.15, 0.2) is 0 Å². The molecule has 3 nitrogen and oxygen atoms in total. The van der Waals surface area contributed by atoms with Crippen molar-refractivity contribution in [2.45, 2.75) is 19.4 Å². The molecule has 0 bridgehead atoms. The summed E-state index contributed by atoms with van der Waals surface area (Å²) < 4.78 is 0. The lowest BCUT2D eigenvalue weighted by atomic mass is 9.97. The summed E-state index contributed by atoms with van der Waals surface area (Å²) in [5, 5.41) is 0. The van der Waals surface area contributed by atoms with E-state index in [-0.39, 0.29) is 0 Å². The fourth-order valence-corrected chi connectivity index (χ4v) is 2.24. The zero-order chi connectivity index (χ0) is 13.5. The van der Waals surface area contributed by atoms with Crippen LogP contribution in [0.1, 0.15) is 24.1 Å². The van der Waals surface area contributed by atoms with Gasteiger partial charge in [-0.05, 0) is 38.7 Å². The fraction of sp³-hybridized carbons (Fsp3) is 0.600. The Hall–Kier alpha value is -0.900. The molecule has 0 saturated heterocycles. The number of nitrogens with two attached hydrogens (primary N) is 1. The van der Waals surface area contributed by atoms with Crippen LogP contribution in [-0.4, -0.2) is 50.6 Å². The maximum absolute atomic E-state index is 5.98. The first kappa shape index (κ1) is 15.2. The summed E-state index contributed by atoms with van der Waals surface area (Å²) in [6, 6.07) is 8.95. The molecule has 0 heterocycles. The van der Waals surface area contributed by atoms with E-state index in [9.17, 15) is 0 Å². The van der Waals surface area contributed by atoms with E-state index in [1.807, 2.05) is 0 Å². The molecule has 1 atom stereocenters. The standard InChI is InChI=1S/C15H27N3/c1-5-13-8-6-7-9-14(13)15(12-16)18(4)11-10-17(2)3/h6-9,15H,5,10-12,16H2,1-4H3. The molecular formula is C15H27N3. The highest BCUT2D eigenvalue weighted by atomic mass is 15.2. The number of hydrogen-bond acceptors (Lipinski definition) is 3. The molecule has 0 aliphatic carbocycles. The van der Waals surface area contributed by atoms with E-state index < -0.39 is 0 Å². The zero-order valence-corrected chi connectivity index (χ0v) is 12.2. The lowest BCUT2D eigenvalue weighted by Crippen LogP contribution is -2.35. The molecule has 0 aliphatic rings. The second kappa shape index (κ2) is 7.52. The SMILES string of the molecule is CCc1ccccc1C(CN)N(C)CCN(C)C. The van der Waals surface area contributed by atoms with Crippen molar-refractivity contribution in [2.75, 3.05) is 40.8 Å². The normalized spacial score (nSPS) is 13.3. The van der Waals surface area contributed by atoms with Crippen LogP contribution in [0, 0.1) is 0 Å². The molecule has 1 rings (SSSR count). The van der Waals surface area contributed by atoms with Gasteiger partial charge in [0.05, 0.1) is 0 Å². The van der Waals surface area contributed by atoms with Crippen LogP contribution in [0.3, 0.4) is 0 Å². The van der Waals surface area contributed by atoms with E-state index in [4.69, 9.17) is 5.73 Å². The maximum atomic E-state index is 5.98. The van der Waals surface area contributed by atoms with Gasteiger partial charge < -0.3 is 10.6 Å². The lowest BCUT2D eigenvalue weighted by Gasteiger charge is -2.29. The maximum Gasteiger partial charge on any atom is 0.0470 e. The Labute approximate surface area is 112 Å². The summed E-state index contributed by atoms with van der Waals surface area (Å²) in [6.07, 6.45) is 1.06. The van der Waals surface area contributed by atoms with Crippen LogP contribution in [0.15, 0.2) is 24.3 Å². The Morgan fingerprint density at radius 1 is 1.11 bits per heavy atom. The van der Waals surface area contributed by atoms with Gasteiger partial charge in [-0.3, -0.25) is 4.90 Å². The van der Waals surface area contributed by atoms with Crippen molar-refractivity contribution in [3.63, 3.8) is 0 Å². The van der Waals surface area contributed by atoms with Gasteiger partial charge in [0.25, 0.3) is 0 Å². The van der Waals surface area contributed by atoms with E-state index in [1.54, 1.807) is 0 Å². The number of likely N-dealkylation sites (N-methyl/N-ethyl adjacent to an activating group) is 2. The van der Waals surface area contributed by atoms with Crippen molar-refractivity contribution in [3.8, 4) is 0 Å². The Morgan fingerprint density at radius 2 is 1.78 bits per heavy atom. The average molecular weight is 249 g/mol. The summed E-state index contributed by atoms with van der Waals surface area (Å²) in [5.74, 6) is 0. The van der Waals surface area contributed by atoms with Crippen LogP contribution >= 0.6 is 0 Å². The minimum absolute atomic E-state index is 0.320. The van der Waals surface area contributed by atoms with Gasteiger partial charge in [0, 0.05) is 25.7 Å². The first-order valence-corrected chi connectivity index (χ1v) is 6.73. The van der Waals surface area contributed by atoms with Gasteiger partial charge >= 0.3 is 0 Å². The van der Waals surface area contributed by atoms with Gasteiger partial charge in [-0.15, -0.1) is 0 Å². The summed E-state index contributed by atoms with van der Waals surface area (Å²) in [7, 11) is 6.37. The zero-order valence-electron chi connectivity index (χ0n) is 12.2. The van der Waals surface area contributed by atoms with E-state index in [0.29, 0.717) is 12.6 Å². The minimum Gasteiger partial charge on any atom is -0.329 e. The molecule has 2 N–H and O–H groups in total. The Kier molecular flexibility index (Phi) is 6.33. The van der Waals surface area contributed by atoms with E-state index >= 15 is 0 Å². The van der Waals surface area contributed by atoms with Gasteiger partial charge in [-0.1, -0.05) is 31.2 Å². The molecule has 0 fully saturated rings. The van der Waals surface area contributed by atoms with Crippen molar-refractivity contribution < 1.29 is 0 Å². The van der Waals surface area contributed by atoms with Crippen molar-refractivity contribution >= 4 is 0 Å². The molecule has 1 unspecified atom stereocenters. The monoisotopic (exact) mass is 249 g/mol. The number of aryl methyl sites for hydroxylation is 1. The number of hydrogen-bond donors (Lipinski definition) is 1. The van der Waals surface area contributed by atoms with Crippen LogP contribution in [-0.2, 0) is 6.42 Å². The molecule has 18 heavy (non-hydrogen) atoms. The predicted octanol–water partition coefficient (Wildman–Crippen LogP) is 1.74. The quantitative estimate of drug-likeness (QED) is 0.799. The van der Waals surface area contributed by atoms with Crippen molar-refractivity contribution in [1.82, 2.24) is 9.80 Å². The van der Waals surface area contributed by atoms with Crippen LogP contribution < -0.4 is 5.73 Å². The van der Waals surface area contributed by atoms with Crippen molar-refractivity contribution in [1.29, 1.82) is 0 Å². The molecule has 1 aromatic carbocycles. The van der Waals surface area contributed by atoms with E-state index in [0.717, 1.165) is 19.5 Å². The molecule has 1 aromatic rings. The van der Waals surface area contributed by atoms with Gasteiger partial charge in [-0.25, -0.2) is 0 Å². The topological polar surface area (TPSA) is 32.5 Å². The fourth-order valence-electron chi connectivity index (χ4n) is 2.24. The second-order valence-electron chi connectivity index (χ2n) is 5.09. The third-order valence-electron chi connectivity index (χ3n) is 3.45. The van der Waals surface area contributed by atoms with Crippen molar-refractivity contribution in [2.24, 2.45) is 5.73 Å². The van der Waals surface area contributed by atoms with Crippen LogP contribution in [0.5, 0.6) is 0 Å². The summed E-state index contributed by atoms with van der Waals surface area (Å²) >= 11 is 0. The first-order valence-electron chi connectivity index (χ1n) is 6.73. The third kappa shape index (κ3) is 4.09. The molecule has 0 saturated carbocycles. The highest BCUT2D eigenvalue weighted by Gasteiger charge is 2.17. The highest BCUT2D eigenvalue weighted by Crippen LogP contribution is 2.22. The third-order valence-corrected chi connectivity index (χ3v) is 3.45. The van der Waals surface area contributed by atoms with E-state index in [2.05, 4.69) is 62.1 Å². The van der Waals surface area contributed by atoms with Gasteiger partial charge in [0.2, 0.25) is 0 Å². The lowest BCUT2D eigenvalue weighted by molar-refractivity contribution is 0.222. The van der Waals surface area contributed by atoms with E-state index in [1.165, 1.54) is 11.1 Å². The second-order valence-corrected chi connectivity index (χ2v) is 5.09. The molecule has 0 amide bonds. The minimum atomic E-state index is 0.320. The van der Waals surface area contributed by atoms with Crippen LogP contribution in [0.2, 0.25) is 0 Å².